The van der Waals surface area contributed by atoms with Gasteiger partial charge in [-0.05, 0) is 54.5 Å². The van der Waals surface area contributed by atoms with Gasteiger partial charge in [0.2, 0.25) is 0 Å². The molecule has 1 aliphatic carbocycles. The molecule has 124 valence electrons. The van der Waals surface area contributed by atoms with E-state index in [-0.39, 0.29) is 6.61 Å². The van der Waals surface area contributed by atoms with Gasteiger partial charge in [0.25, 0.3) is 0 Å². The first-order chi connectivity index (χ1) is 11.6. The number of carboxylic acids is 1. The van der Waals surface area contributed by atoms with Crippen LogP contribution in [0, 0.1) is 0 Å². The van der Waals surface area contributed by atoms with Gasteiger partial charge < -0.3 is 9.84 Å². The van der Waals surface area contributed by atoms with Gasteiger partial charge in [-0.25, -0.2) is 9.59 Å². The van der Waals surface area contributed by atoms with E-state index in [4.69, 9.17) is 4.74 Å². The Morgan fingerprint density at radius 2 is 1.71 bits per heavy atom. The van der Waals surface area contributed by atoms with Crippen LogP contribution in [0.25, 0.3) is 0 Å². The number of carbonyl (C=O) groups is 2. The van der Waals surface area contributed by atoms with Crippen LogP contribution >= 0.6 is 0 Å². The van der Waals surface area contributed by atoms with Crippen LogP contribution in [0.4, 0.5) is 10.5 Å². The molecule has 5 nitrogen and oxygen atoms in total. The number of carboxylic acid groups (broad SMARTS) is 1. The summed E-state index contributed by atoms with van der Waals surface area (Å²) in [6.07, 6.45) is 2.92. The van der Waals surface area contributed by atoms with E-state index in [0.717, 1.165) is 42.4 Å². The molecule has 0 saturated heterocycles. The highest BCUT2D eigenvalue weighted by Gasteiger charge is 2.21. The molecule has 3 rings (SSSR count). The number of anilines is 1. The van der Waals surface area contributed by atoms with E-state index in [2.05, 4.69) is 5.32 Å². The average molecular weight is 325 g/mol. The largest absolute Gasteiger partial charge is 0.478 e. The maximum atomic E-state index is 12.0. The highest BCUT2D eigenvalue weighted by Crippen LogP contribution is 2.31. The first kappa shape index (κ1) is 16.1. The standard InChI is InChI=1S/C19H19NO4/c21-18(22)16-10-11-17(15-9-5-4-8-14(15)16)20-19(23)24-12-13-6-2-1-3-7-13/h1-3,6-7,10-11H,4-5,8-9,12H2,(H,20,23)(H,21,22). The molecule has 0 unspecified atom stereocenters. The lowest BCUT2D eigenvalue weighted by molar-refractivity contribution is 0.0695. The van der Waals surface area contributed by atoms with Crippen LogP contribution in [-0.4, -0.2) is 17.2 Å². The molecule has 1 aliphatic rings. The van der Waals surface area contributed by atoms with Crippen LogP contribution in [0.1, 0.15) is 39.9 Å². The molecule has 0 heterocycles. The van der Waals surface area contributed by atoms with E-state index in [9.17, 15) is 14.7 Å². The molecule has 0 radical (unpaired) electrons. The van der Waals surface area contributed by atoms with Crippen molar-refractivity contribution in [2.75, 3.05) is 5.32 Å². The molecule has 0 atom stereocenters. The summed E-state index contributed by atoms with van der Waals surface area (Å²) in [5.74, 6) is -0.925. The number of hydrogen-bond acceptors (Lipinski definition) is 3. The van der Waals surface area contributed by atoms with E-state index >= 15 is 0 Å². The summed E-state index contributed by atoms with van der Waals surface area (Å²) in [5.41, 5.74) is 3.63. The Balaban J connectivity index is 1.73. The number of aromatic carboxylic acids is 1. The average Bonchev–Trinajstić information content (AvgIpc) is 2.61. The highest BCUT2D eigenvalue weighted by atomic mass is 16.5. The molecular formula is C19H19NO4. The van der Waals surface area contributed by atoms with Gasteiger partial charge in [0.05, 0.1) is 5.56 Å². The van der Waals surface area contributed by atoms with Gasteiger partial charge >= 0.3 is 12.1 Å². The van der Waals surface area contributed by atoms with Crippen LogP contribution in [0.3, 0.4) is 0 Å². The number of carbonyl (C=O) groups excluding carboxylic acids is 1. The molecule has 2 aromatic rings. The lowest BCUT2D eigenvalue weighted by Crippen LogP contribution is -2.18. The molecule has 2 N–H and O–H groups in total. The third kappa shape index (κ3) is 3.56. The minimum Gasteiger partial charge on any atom is -0.478 e. The number of rotatable bonds is 4. The lowest BCUT2D eigenvalue weighted by Gasteiger charge is -2.21. The molecule has 0 spiro atoms. The van der Waals surface area contributed by atoms with Gasteiger partial charge in [-0.3, -0.25) is 5.32 Å². The first-order valence-electron chi connectivity index (χ1n) is 8.01. The van der Waals surface area contributed by atoms with Crippen LogP contribution in [0.5, 0.6) is 0 Å². The Kier molecular flexibility index (Phi) is 4.79. The van der Waals surface area contributed by atoms with Crippen LogP contribution in [-0.2, 0) is 24.2 Å². The number of nitrogens with one attached hydrogen (secondary N) is 1. The second-order valence-electron chi connectivity index (χ2n) is 5.82. The molecule has 0 aliphatic heterocycles. The maximum Gasteiger partial charge on any atom is 0.411 e. The van der Waals surface area contributed by atoms with E-state index in [1.165, 1.54) is 0 Å². The van der Waals surface area contributed by atoms with Gasteiger partial charge in [0, 0.05) is 5.69 Å². The number of fused-ring (bicyclic) bond motifs is 1. The maximum absolute atomic E-state index is 12.0. The molecule has 5 heteroatoms. The predicted octanol–water partition coefficient (Wildman–Crippen LogP) is 4.01. The Hall–Kier alpha value is -2.82. The first-order valence-corrected chi connectivity index (χ1v) is 8.01. The number of ether oxygens (including phenoxy) is 1. The van der Waals surface area contributed by atoms with E-state index in [1.54, 1.807) is 12.1 Å². The lowest BCUT2D eigenvalue weighted by atomic mass is 9.87. The van der Waals surface area contributed by atoms with Crippen molar-refractivity contribution >= 4 is 17.7 Å². The third-order valence-electron chi connectivity index (χ3n) is 4.21. The number of hydrogen-bond donors (Lipinski definition) is 2. The zero-order valence-electron chi connectivity index (χ0n) is 13.2. The van der Waals surface area contributed by atoms with Crippen LogP contribution in [0.15, 0.2) is 42.5 Å². The summed E-state index contributed by atoms with van der Waals surface area (Å²) in [4.78, 5) is 23.4. The Labute approximate surface area is 140 Å². The zero-order chi connectivity index (χ0) is 16.9. The summed E-state index contributed by atoms with van der Waals surface area (Å²) < 4.78 is 5.23. The fraction of sp³-hybridized carbons (Fsp3) is 0.263. The van der Waals surface area contributed by atoms with Crippen molar-refractivity contribution in [3.8, 4) is 0 Å². The van der Waals surface area contributed by atoms with Gasteiger partial charge in [-0.2, -0.15) is 0 Å². The second kappa shape index (κ2) is 7.17. The molecule has 2 aromatic carbocycles. The van der Waals surface area contributed by atoms with Gasteiger partial charge in [-0.1, -0.05) is 30.3 Å². The summed E-state index contributed by atoms with van der Waals surface area (Å²) in [7, 11) is 0. The van der Waals surface area contributed by atoms with Crippen molar-refractivity contribution in [3.63, 3.8) is 0 Å². The normalized spacial score (nSPS) is 13.0. The second-order valence-corrected chi connectivity index (χ2v) is 5.82. The molecular weight excluding hydrogens is 306 g/mol. The Morgan fingerprint density at radius 1 is 1.00 bits per heavy atom. The molecule has 24 heavy (non-hydrogen) atoms. The monoisotopic (exact) mass is 325 g/mol. The quantitative estimate of drug-likeness (QED) is 0.890. The summed E-state index contributed by atoms with van der Waals surface area (Å²) in [5, 5.41) is 12.1. The Morgan fingerprint density at radius 3 is 2.42 bits per heavy atom. The highest BCUT2D eigenvalue weighted by molar-refractivity contribution is 5.93. The molecule has 1 amide bonds. The summed E-state index contributed by atoms with van der Waals surface area (Å²) in [6.45, 7) is 0.197. The van der Waals surface area contributed by atoms with E-state index in [0.29, 0.717) is 11.3 Å². The van der Waals surface area contributed by atoms with Crippen molar-refractivity contribution < 1.29 is 19.4 Å². The number of amides is 1. The van der Waals surface area contributed by atoms with Crippen molar-refractivity contribution in [1.82, 2.24) is 0 Å². The van der Waals surface area contributed by atoms with Gasteiger partial charge in [0.15, 0.2) is 0 Å². The van der Waals surface area contributed by atoms with Gasteiger partial charge in [-0.15, -0.1) is 0 Å². The fourth-order valence-electron chi connectivity index (χ4n) is 3.05. The predicted molar refractivity (Wildman–Crippen MR) is 90.3 cm³/mol. The molecule has 0 bridgehead atoms. The topological polar surface area (TPSA) is 75.6 Å². The van der Waals surface area contributed by atoms with Crippen LogP contribution < -0.4 is 5.32 Å². The van der Waals surface area contributed by atoms with Crippen molar-refractivity contribution in [1.29, 1.82) is 0 Å². The van der Waals surface area contributed by atoms with Gasteiger partial charge in [0.1, 0.15) is 6.61 Å². The fourth-order valence-corrected chi connectivity index (χ4v) is 3.05. The smallest absolute Gasteiger partial charge is 0.411 e. The van der Waals surface area contributed by atoms with Crippen molar-refractivity contribution in [2.45, 2.75) is 32.3 Å². The minimum atomic E-state index is -0.925. The number of benzene rings is 2. The minimum absolute atomic E-state index is 0.197. The van der Waals surface area contributed by atoms with E-state index in [1.807, 2.05) is 30.3 Å². The van der Waals surface area contributed by atoms with Crippen molar-refractivity contribution in [3.05, 3.63) is 64.7 Å². The summed E-state index contributed by atoms with van der Waals surface area (Å²) >= 11 is 0. The third-order valence-corrected chi connectivity index (χ3v) is 4.21. The molecule has 0 saturated carbocycles. The zero-order valence-corrected chi connectivity index (χ0v) is 13.2. The van der Waals surface area contributed by atoms with Crippen LogP contribution in [0.2, 0.25) is 0 Å². The molecule has 0 aromatic heterocycles. The summed E-state index contributed by atoms with van der Waals surface area (Å²) in [6, 6.07) is 12.7. The molecule has 0 fully saturated rings. The van der Waals surface area contributed by atoms with Crippen molar-refractivity contribution in [2.24, 2.45) is 0 Å². The van der Waals surface area contributed by atoms with E-state index < -0.39 is 12.1 Å². The Bertz CT molecular complexity index is 755. The SMILES string of the molecule is O=C(Nc1ccc(C(=O)O)c2c1CCCC2)OCc1ccccc1.